The molecule has 0 amide bonds. The quantitative estimate of drug-likeness (QED) is 0.730. The number of aliphatic hydroxyl groups is 1. The van der Waals surface area contributed by atoms with Crippen molar-refractivity contribution in [3.8, 4) is 0 Å². The molecule has 0 bridgehead atoms. The number of hydrogen-bond acceptors (Lipinski definition) is 3. The SMILES string of the molecule is CNC(CO)(CN(CC(F)(F)F)C1CC1)C1CC1. The largest absolute Gasteiger partial charge is 0.401 e. The number of alkyl halides is 3. The number of rotatable bonds is 7. The zero-order valence-corrected chi connectivity index (χ0v) is 10.6. The summed E-state index contributed by atoms with van der Waals surface area (Å²) >= 11 is 0. The Morgan fingerprint density at radius 1 is 1.17 bits per heavy atom. The Morgan fingerprint density at radius 3 is 2.11 bits per heavy atom. The summed E-state index contributed by atoms with van der Waals surface area (Å²) in [6.45, 7) is -0.683. The van der Waals surface area contributed by atoms with Crippen molar-refractivity contribution >= 4 is 0 Å². The van der Waals surface area contributed by atoms with Crippen LogP contribution >= 0.6 is 0 Å². The zero-order chi connectivity index (χ0) is 13.4. The van der Waals surface area contributed by atoms with Gasteiger partial charge in [0.05, 0.1) is 18.7 Å². The zero-order valence-electron chi connectivity index (χ0n) is 10.6. The van der Waals surface area contributed by atoms with Gasteiger partial charge in [-0.1, -0.05) is 0 Å². The van der Waals surface area contributed by atoms with Gasteiger partial charge in [0.2, 0.25) is 0 Å². The van der Waals surface area contributed by atoms with E-state index in [2.05, 4.69) is 5.32 Å². The fourth-order valence-electron chi connectivity index (χ4n) is 2.65. The summed E-state index contributed by atoms with van der Waals surface area (Å²) in [5, 5.41) is 12.6. The van der Waals surface area contributed by atoms with Gasteiger partial charge < -0.3 is 10.4 Å². The summed E-state index contributed by atoms with van der Waals surface area (Å²) in [4.78, 5) is 1.49. The molecule has 6 heteroatoms. The van der Waals surface area contributed by atoms with Crippen molar-refractivity contribution in [2.75, 3.05) is 26.7 Å². The molecule has 0 aromatic rings. The van der Waals surface area contributed by atoms with Crippen molar-refractivity contribution < 1.29 is 18.3 Å². The van der Waals surface area contributed by atoms with Gasteiger partial charge in [-0.3, -0.25) is 4.90 Å². The molecule has 18 heavy (non-hydrogen) atoms. The van der Waals surface area contributed by atoms with E-state index in [1.807, 2.05) is 0 Å². The molecule has 2 saturated carbocycles. The van der Waals surface area contributed by atoms with Gasteiger partial charge in [-0.2, -0.15) is 13.2 Å². The predicted octanol–water partition coefficient (Wildman–Crippen LogP) is 1.37. The van der Waals surface area contributed by atoms with Crippen LogP contribution in [0.3, 0.4) is 0 Å². The monoisotopic (exact) mass is 266 g/mol. The third-order valence-electron chi connectivity index (χ3n) is 4.07. The molecule has 0 heterocycles. The van der Waals surface area contributed by atoms with Gasteiger partial charge in [-0.25, -0.2) is 0 Å². The van der Waals surface area contributed by atoms with E-state index in [-0.39, 0.29) is 19.2 Å². The lowest BCUT2D eigenvalue weighted by molar-refractivity contribution is -0.150. The molecule has 106 valence electrons. The number of aliphatic hydroxyl groups excluding tert-OH is 1. The fraction of sp³-hybridized carbons (Fsp3) is 1.00. The van der Waals surface area contributed by atoms with E-state index in [1.54, 1.807) is 7.05 Å². The van der Waals surface area contributed by atoms with Crippen LogP contribution in [0, 0.1) is 5.92 Å². The number of hydrogen-bond donors (Lipinski definition) is 2. The molecule has 2 N–H and O–H groups in total. The van der Waals surface area contributed by atoms with Gasteiger partial charge in [-0.15, -0.1) is 0 Å². The molecule has 2 fully saturated rings. The summed E-state index contributed by atoms with van der Waals surface area (Å²) < 4.78 is 37.7. The number of nitrogens with one attached hydrogen (secondary N) is 1. The second-order valence-electron chi connectivity index (χ2n) is 5.59. The van der Waals surface area contributed by atoms with Crippen LogP contribution in [0.5, 0.6) is 0 Å². The Hall–Kier alpha value is -0.330. The highest BCUT2D eigenvalue weighted by Crippen LogP contribution is 2.41. The predicted molar refractivity (Wildman–Crippen MR) is 62.3 cm³/mol. The van der Waals surface area contributed by atoms with E-state index >= 15 is 0 Å². The highest BCUT2D eigenvalue weighted by Gasteiger charge is 2.48. The third-order valence-corrected chi connectivity index (χ3v) is 4.07. The summed E-state index contributed by atoms with van der Waals surface area (Å²) in [5.74, 6) is 0.307. The van der Waals surface area contributed by atoms with Crippen LogP contribution in [-0.4, -0.2) is 54.5 Å². The van der Waals surface area contributed by atoms with E-state index in [0.717, 1.165) is 25.7 Å². The normalized spacial score (nSPS) is 24.3. The van der Waals surface area contributed by atoms with E-state index in [1.165, 1.54) is 4.90 Å². The highest BCUT2D eigenvalue weighted by atomic mass is 19.4. The van der Waals surface area contributed by atoms with Crippen LogP contribution in [-0.2, 0) is 0 Å². The van der Waals surface area contributed by atoms with Crippen molar-refractivity contribution in [1.29, 1.82) is 0 Å². The highest BCUT2D eigenvalue weighted by molar-refractivity contribution is 5.04. The minimum atomic E-state index is -4.17. The topological polar surface area (TPSA) is 35.5 Å². The van der Waals surface area contributed by atoms with E-state index in [9.17, 15) is 18.3 Å². The molecule has 2 rings (SSSR count). The summed E-state index contributed by atoms with van der Waals surface area (Å²) in [7, 11) is 1.73. The minimum absolute atomic E-state index is 0.0460. The van der Waals surface area contributed by atoms with Crippen molar-refractivity contribution in [3.05, 3.63) is 0 Å². The van der Waals surface area contributed by atoms with Crippen LogP contribution < -0.4 is 5.32 Å². The molecule has 0 spiro atoms. The lowest BCUT2D eigenvalue weighted by Crippen LogP contribution is -2.58. The molecule has 1 atom stereocenters. The maximum atomic E-state index is 12.6. The summed E-state index contributed by atoms with van der Waals surface area (Å²) in [6.07, 6.45) is -0.503. The Kier molecular flexibility index (Phi) is 3.90. The molecule has 1 unspecified atom stereocenters. The van der Waals surface area contributed by atoms with E-state index in [4.69, 9.17) is 0 Å². The number of nitrogens with zero attached hydrogens (tertiary/aromatic N) is 1. The second kappa shape index (κ2) is 4.98. The average Bonchev–Trinajstić information content (AvgIpc) is 3.16. The standard InChI is InChI=1S/C12H21F3N2O/c1-16-11(8-18,9-2-3-9)6-17(10-4-5-10)7-12(13,14)15/h9-10,16,18H,2-8H2,1H3. The van der Waals surface area contributed by atoms with Gasteiger partial charge in [0, 0.05) is 12.6 Å². The van der Waals surface area contributed by atoms with Crippen LogP contribution in [0.15, 0.2) is 0 Å². The van der Waals surface area contributed by atoms with Crippen molar-refractivity contribution in [2.45, 2.75) is 43.4 Å². The Morgan fingerprint density at radius 2 is 1.78 bits per heavy atom. The molecule has 0 aromatic heterocycles. The van der Waals surface area contributed by atoms with Gasteiger partial charge in [0.15, 0.2) is 0 Å². The van der Waals surface area contributed by atoms with Crippen molar-refractivity contribution in [3.63, 3.8) is 0 Å². The summed E-state index contributed by atoms with van der Waals surface area (Å²) in [5.41, 5.74) is -0.562. The fourth-order valence-corrected chi connectivity index (χ4v) is 2.65. The van der Waals surface area contributed by atoms with Gasteiger partial charge in [-0.05, 0) is 38.6 Å². The third kappa shape index (κ3) is 3.36. The first-order valence-corrected chi connectivity index (χ1v) is 6.51. The lowest BCUT2D eigenvalue weighted by atomic mass is 9.93. The Balaban J connectivity index is 2.02. The Labute approximate surface area is 105 Å². The molecule has 0 aromatic carbocycles. The molecule has 0 aliphatic heterocycles. The molecular weight excluding hydrogens is 245 g/mol. The van der Waals surface area contributed by atoms with Crippen LogP contribution in [0.25, 0.3) is 0 Å². The van der Waals surface area contributed by atoms with Crippen LogP contribution in [0.2, 0.25) is 0 Å². The maximum absolute atomic E-state index is 12.6. The molecule has 0 saturated heterocycles. The maximum Gasteiger partial charge on any atom is 0.401 e. The first-order valence-electron chi connectivity index (χ1n) is 6.51. The number of halogens is 3. The van der Waals surface area contributed by atoms with E-state index < -0.39 is 18.3 Å². The molecule has 2 aliphatic carbocycles. The smallest absolute Gasteiger partial charge is 0.394 e. The first-order chi connectivity index (χ1) is 8.40. The van der Waals surface area contributed by atoms with Gasteiger partial charge in [0.25, 0.3) is 0 Å². The molecule has 3 nitrogen and oxygen atoms in total. The van der Waals surface area contributed by atoms with Crippen molar-refractivity contribution in [1.82, 2.24) is 10.2 Å². The number of likely N-dealkylation sites (N-methyl/N-ethyl adjacent to an activating group) is 1. The van der Waals surface area contributed by atoms with Gasteiger partial charge in [0.1, 0.15) is 0 Å². The molecule has 2 aliphatic rings. The van der Waals surface area contributed by atoms with Crippen LogP contribution in [0.4, 0.5) is 13.2 Å². The second-order valence-corrected chi connectivity index (χ2v) is 5.59. The lowest BCUT2D eigenvalue weighted by Gasteiger charge is -2.38. The van der Waals surface area contributed by atoms with Gasteiger partial charge >= 0.3 is 6.18 Å². The Bertz CT molecular complexity index is 284. The molecular formula is C12H21F3N2O. The van der Waals surface area contributed by atoms with E-state index in [0.29, 0.717) is 5.92 Å². The average molecular weight is 266 g/mol. The van der Waals surface area contributed by atoms with Crippen molar-refractivity contribution in [2.24, 2.45) is 5.92 Å². The van der Waals surface area contributed by atoms with Crippen LogP contribution in [0.1, 0.15) is 25.7 Å². The first kappa shape index (κ1) is 14.1. The molecule has 0 radical (unpaired) electrons. The summed E-state index contributed by atoms with van der Waals surface area (Å²) in [6, 6.07) is 0.0460. The minimum Gasteiger partial charge on any atom is -0.394 e.